The minimum Gasteiger partial charge on any atom is -0.462 e. The van der Waals surface area contributed by atoms with Crippen molar-refractivity contribution in [3.8, 4) is 10.4 Å². The maximum atomic E-state index is 13.5. The van der Waals surface area contributed by atoms with Gasteiger partial charge in [0.2, 0.25) is 5.91 Å². The van der Waals surface area contributed by atoms with E-state index < -0.39 is 35.9 Å². The number of rotatable bonds is 9. The number of carbonyl (C=O) groups is 4. The van der Waals surface area contributed by atoms with E-state index in [4.69, 9.17) is 4.74 Å². The molecule has 9 heteroatoms. The van der Waals surface area contributed by atoms with E-state index in [9.17, 15) is 19.2 Å². The van der Waals surface area contributed by atoms with Gasteiger partial charge in [0.1, 0.15) is 17.1 Å². The van der Waals surface area contributed by atoms with Crippen LogP contribution >= 0.6 is 11.3 Å². The van der Waals surface area contributed by atoms with Gasteiger partial charge in [0.25, 0.3) is 5.91 Å². The molecule has 186 valence electrons. The molecule has 1 saturated heterocycles. The molecule has 0 saturated carbocycles. The van der Waals surface area contributed by atoms with Crippen molar-refractivity contribution < 1.29 is 23.9 Å². The molecule has 0 bridgehead atoms. The lowest BCUT2D eigenvalue weighted by atomic mass is 9.85. The van der Waals surface area contributed by atoms with Crippen molar-refractivity contribution in [2.24, 2.45) is 0 Å². The van der Waals surface area contributed by atoms with Gasteiger partial charge in [-0.05, 0) is 30.5 Å². The molecule has 2 heterocycles. The van der Waals surface area contributed by atoms with Crippen LogP contribution in [0, 0.1) is 0 Å². The fraction of sp³-hybridized carbons (Fsp3) is 0.259. The highest BCUT2D eigenvalue weighted by Crippen LogP contribution is 2.37. The molecule has 0 aliphatic carbocycles. The average Bonchev–Trinajstić information content (AvgIpc) is 3.40. The SMILES string of the molecule is CCC[C@@]1(c2ccccc2)NC(=O)N(CC(=O)Nc2sc(-c3ccccc3)cc2C(=O)OCC)C1=O. The predicted molar refractivity (Wildman–Crippen MR) is 138 cm³/mol. The monoisotopic (exact) mass is 505 g/mol. The number of carbonyl (C=O) groups excluding carboxylic acids is 4. The Hall–Kier alpha value is -3.98. The molecule has 4 rings (SSSR count). The summed E-state index contributed by atoms with van der Waals surface area (Å²) in [5, 5.41) is 5.82. The van der Waals surface area contributed by atoms with Crippen molar-refractivity contribution in [2.45, 2.75) is 32.2 Å². The number of esters is 1. The predicted octanol–water partition coefficient (Wildman–Crippen LogP) is 4.78. The second-order valence-corrected chi connectivity index (χ2v) is 9.38. The van der Waals surface area contributed by atoms with Gasteiger partial charge in [-0.2, -0.15) is 0 Å². The summed E-state index contributed by atoms with van der Waals surface area (Å²) in [5.74, 6) is -1.63. The first-order chi connectivity index (χ1) is 17.4. The third-order valence-electron chi connectivity index (χ3n) is 5.91. The van der Waals surface area contributed by atoms with E-state index >= 15 is 0 Å². The van der Waals surface area contributed by atoms with Gasteiger partial charge in [0.05, 0.1) is 12.2 Å². The lowest BCUT2D eigenvalue weighted by Crippen LogP contribution is -2.44. The Kier molecular flexibility index (Phi) is 7.49. The van der Waals surface area contributed by atoms with E-state index in [0.29, 0.717) is 23.4 Å². The molecule has 4 amide bonds. The summed E-state index contributed by atoms with van der Waals surface area (Å²) < 4.78 is 5.16. The summed E-state index contributed by atoms with van der Waals surface area (Å²) in [7, 11) is 0. The van der Waals surface area contributed by atoms with Crippen molar-refractivity contribution >= 4 is 40.2 Å². The largest absolute Gasteiger partial charge is 0.462 e. The second kappa shape index (κ2) is 10.7. The Balaban J connectivity index is 1.57. The van der Waals surface area contributed by atoms with Crippen LogP contribution in [0.4, 0.5) is 9.80 Å². The van der Waals surface area contributed by atoms with Crippen LogP contribution in [0.1, 0.15) is 42.6 Å². The first kappa shape index (κ1) is 25.1. The number of anilines is 1. The molecule has 1 fully saturated rings. The van der Waals surface area contributed by atoms with E-state index in [-0.39, 0.29) is 12.2 Å². The molecular weight excluding hydrogens is 478 g/mol. The molecule has 8 nitrogen and oxygen atoms in total. The van der Waals surface area contributed by atoms with Gasteiger partial charge in [0.15, 0.2) is 0 Å². The van der Waals surface area contributed by atoms with Gasteiger partial charge in [0, 0.05) is 4.88 Å². The van der Waals surface area contributed by atoms with E-state index in [1.807, 2.05) is 43.3 Å². The average molecular weight is 506 g/mol. The van der Waals surface area contributed by atoms with Crippen LogP contribution < -0.4 is 10.6 Å². The quantitative estimate of drug-likeness (QED) is 0.322. The van der Waals surface area contributed by atoms with E-state index in [1.165, 1.54) is 11.3 Å². The number of amides is 4. The fourth-order valence-electron chi connectivity index (χ4n) is 4.28. The molecule has 1 aromatic heterocycles. The highest BCUT2D eigenvalue weighted by atomic mass is 32.1. The third-order valence-corrected chi connectivity index (χ3v) is 7.01. The summed E-state index contributed by atoms with van der Waals surface area (Å²) in [6.45, 7) is 3.33. The summed E-state index contributed by atoms with van der Waals surface area (Å²) in [5.41, 5.74) is 0.557. The number of nitrogens with one attached hydrogen (secondary N) is 2. The number of hydrogen-bond donors (Lipinski definition) is 2. The van der Waals surface area contributed by atoms with E-state index in [1.54, 1.807) is 37.3 Å². The number of hydrogen-bond acceptors (Lipinski definition) is 6. The minimum atomic E-state index is -1.22. The van der Waals surface area contributed by atoms with Crippen LogP contribution in [-0.2, 0) is 19.9 Å². The molecule has 2 aromatic carbocycles. The molecule has 0 radical (unpaired) electrons. The summed E-state index contributed by atoms with van der Waals surface area (Å²) in [4.78, 5) is 53.6. The zero-order valence-corrected chi connectivity index (χ0v) is 20.9. The zero-order valence-electron chi connectivity index (χ0n) is 20.1. The third kappa shape index (κ3) is 4.87. The van der Waals surface area contributed by atoms with Gasteiger partial charge in [-0.1, -0.05) is 74.0 Å². The van der Waals surface area contributed by atoms with Gasteiger partial charge >= 0.3 is 12.0 Å². The highest BCUT2D eigenvalue weighted by molar-refractivity contribution is 7.20. The van der Waals surface area contributed by atoms with Gasteiger partial charge in [-0.3, -0.25) is 14.5 Å². The second-order valence-electron chi connectivity index (χ2n) is 8.33. The maximum Gasteiger partial charge on any atom is 0.341 e. The Labute approximate surface area is 213 Å². The van der Waals surface area contributed by atoms with Crippen molar-refractivity contribution in [1.82, 2.24) is 10.2 Å². The van der Waals surface area contributed by atoms with Gasteiger partial charge in [-0.25, -0.2) is 9.59 Å². The molecule has 0 spiro atoms. The Morgan fingerprint density at radius 1 is 1.03 bits per heavy atom. The summed E-state index contributed by atoms with van der Waals surface area (Å²) >= 11 is 1.22. The molecule has 36 heavy (non-hydrogen) atoms. The fourth-order valence-corrected chi connectivity index (χ4v) is 5.34. The van der Waals surface area contributed by atoms with Crippen LogP contribution in [0.3, 0.4) is 0 Å². The van der Waals surface area contributed by atoms with Crippen LogP contribution in [0.5, 0.6) is 0 Å². The van der Waals surface area contributed by atoms with Crippen molar-refractivity contribution in [3.63, 3.8) is 0 Å². The van der Waals surface area contributed by atoms with E-state index in [0.717, 1.165) is 15.3 Å². The molecule has 2 N–H and O–H groups in total. The first-order valence-electron chi connectivity index (χ1n) is 11.8. The number of imide groups is 1. The van der Waals surface area contributed by atoms with Crippen LogP contribution in [0.2, 0.25) is 0 Å². The molecule has 1 aliphatic rings. The number of nitrogens with zero attached hydrogens (tertiary/aromatic N) is 1. The Morgan fingerprint density at radius 2 is 1.69 bits per heavy atom. The molecule has 3 aromatic rings. The lowest BCUT2D eigenvalue weighted by Gasteiger charge is -2.26. The molecule has 1 aliphatic heterocycles. The van der Waals surface area contributed by atoms with Crippen molar-refractivity contribution in [3.05, 3.63) is 77.9 Å². The van der Waals surface area contributed by atoms with Crippen LogP contribution in [0.25, 0.3) is 10.4 Å². The topological polar surface area (TPSA) is 105 Å². The number of thiophene rings is 1. The molecule has 0 unspecified atom stereocenters. The molecule has 1 atom stereocenters. The van der Waals surface area contributed by atoms with Crippen molar-refractivity contribution in [2.75, 3.05) is 18.5 Å². The summed E-state index contributed by atoms with van der Waals surface area (Å²) in [6, 6.07) is 19.5. The standard InChI is InChI=1S/C27H27N3O5S/c1-3-15-27(19-13-9-6-10-14-19)25(33)30(26(34)29-27)17-22(31)28-23-20(24(32)35-4-2)16-21(36-23)18-11-7-5-8-12-18/h5-14,16H,3-4,15,17H2,1-2H3,(H,28,31)(H,29,34)/t27-/m0/s1. The smallest absolute Gasteiger partial charge is 0.341 e. The number of urea groups is 1. The Morgan fingerprint density at radius 3 is 2.33 bits per heavy atom. The minimum absolute atomic E-state index is 0.185. The number of benzene rings is 2. The first-order valence-corrected chi connectivity index (χ1v) is 12.6. The van der Waals surface area contributed by atoms with E-state index in [2.05, 4.69) is 10.6 Å². The maximum absolute atomic E-state index is 13.5. The summed E-state index contributed by atoms with van der Waals surface area (Å²) in [6.07, 6.45) is 1.05. The van der Waals surface area contributed by atoms with Crippen LogP contribution in [-0.4, -0.2) is 41.9 Å². The van der Waals surface area contributed by atoms with Crippen molar-refractivity contribution in [1.29, 1.82) is 0 Å². The lowest BCUT2D eigenvalue weighted by molar-refractivity contribution is -0.134. The highest BCUT2D eigenvalue weighted by Gasteiger charge is 2.52. The molecular formula is C27H27N3O5S. The Bertz CT molecular complexity index is 1280. The van der Waals surface area contributed by atoms with Crippen LogP contribution in [0.15, 0.2) is 66.7 Å². The van der Waals surface area contributed by atoms with Gasteiger partial charge < -0.3 is 15.4 Å². The van der Waals surface area contributed by atoms with Gasteiger partial charge in [-0.15, -0.1) is 11.3 Å². The normalized spacial score (nSPS) is 17.1. The number of ether oxygens (including phenoxy) is 1. The zero-order chi connectivity index (χ0) is 25.7.